The fourth-order valence-electron chi connectivity index (χ4n) is 3.50. The summed E-state index contributed by atoms with van der Waals surface area (Å²) in [4.78, 5) is 35.3. The number of nitrogens with one attached hydrogen (secondary N) is 1. The maximum atomic E-state index is 12.9. The first-order valence-corrected chi connectivity index (χ1v) is 9.50. The third-order valence-corrected chi connectivity index (χ3v) is 4.99. The van der Waals surface area contributed by atoms with Gasteiger partial charge >= 0.3 is 5.97 Å². The number of carboxylic acids is 1. The summed E-state index contributed by atoms with van der Waals surface area (Å²) in [5.74, 6) is -1.21. The van der Waals surface area contributed by atoms with E-state index in [1.54, 1.807) is 18.2 Å². The number of aryl methyl sites for hydroxylation is 1. The molecule has 0 saturated heterocycles. The van der Waals surface area contributed by atoms with Gasteiger partial charge in [0.25, 0.3) is 0 Å². The van der Waals surface area contributed by atoms with Crippen molar-refractivity contribution < 1.29 is 19.1 Å². The second-order valence-electron chi connectivity index (χ2n) is 7.19. The second-order valence-corrected chi connectivity index (χ2v) is 7.19. The highest BCUT2D eigenvalue weighted by atomic mass is 16.4. The minimum absolute atomic E-state index is 0.0674. The molecule has 0 radical (unpaired) electrons. The molecule has 30 heavy (non-hydrogen) atoms. The van der Waals surface area contributed by atoms with E-state index in [9.17, 15) is 14.4 Å². The average Bonchev–Trinajstić information content (AvgIpc) is 3.11. The molecule has 6 nitrogen and oxygen atoms in total. The smallest absolute Gasteiger partial charge is 0.328 e. The lowest BCUT2D eigenvalue weighted by Crippen LogP contribution is -2.11. The van der Waals surface area contributed by atoms with Gasteiger partial charge in [0.15, 0.2) is 5.43 Å². The Labute approximate surface area is 172 Å². The van der Waals surface area contributed by atoms with Gasteiger partial charge in [0, 0.05) is 29.5 Å². The fraction of sp³-hybridized carbons (Fsp3) is 0.125. The molecule has 0 saturated carbocycles. The predicted molar refractivity (Wildman–Crippen MR) is 115 cm³/mol. The van der Waals surface area contributed by atoms with Crippen LogP contribution in [-0.2, 0) is 16.0 Å². The van der Waals surface area contributed by atoms with Crippen LogP contribution in [-0.4, -0.2) is 17.0 Å². The van der Waals surface area contributed by atoms with Gasteiger partial charge in [0.2, 0.25) is 5.91 Å². The fourth-order valence-corrected chi connectivity index (χ4v) is 3.50. The van der Waals surface area contributed by atoms with Gasteiger partial charge in [-0.25, -0.2) is 4.79 Å². The van der Waals surface area contributed by atoms with Crippen LogP contribution in [0.4, 0.5) is 5.69 Å². The molecule has 6 heteroatoms. The maximum absolute atomic E-state index is 12.9. The van der Waals surface area contributed by atoms with Gasteiger partial charge in [0.1, 0.15) is 11.3 Å². The van der Waals surface area contributed by atoms with Crippen LogP contribution in [0.3, 0.4) is 0 Å². The summed E-state index contributed by atoms with van der Waals surface area (Å²) in [7, 11) is 0. The molecule has 4 rings (SSSR count). The average molecular weight is 401 g/mol. The minimum Gasteiger partial charge on any atom is -0.478 e. The lowest BCUT2D eigenvalue weighted by molar-refractivity contribution is -0.131. The molecule has 1 aliphatic carbocycles. The van der Waals surface area contributed by atoms with E-state index >= 15 is 0 Å². The maximum Gasteiger partial charge on any atom is 0.328 e. The van der Waals surface area contributed by atoms with Crippen LogP contribution in [0.25, 0.3) is 22.6 Å². The number of anilines is 1. The summed E-state index contributed by atoms with van der Waals surface area (Å²) in [6.07, 6.45) is 5.06. The van der Waals surface area contributed by atoms with Crippen LogP contribution in [0.15, 0.2) is 63.8 Å². The van der Waals surface area contributed by atoms with Crippen molar-refractivity contribution in [2.75, 3.05) is 5.32 Å². The first kappa shape index (κ1) is 19.4. The van der Waals surface area contributed by atoms with Crippen LogP contribution < -0.4 is 10.7 Å². The number of hydrogen-bond donors (Lipinski definition) is 2. The molecule has 2 aromatic carbocycles. The molecule has 0 bridgehead atoms. The molecule has 0 aliphatic heterocycles. The highest BCUT2D eigenvalue weighted by Gasteiger charge is 2.24. The number of carbonyl (C=O) groups excluding carboxylic acids is 1. The standard InChI is InChI=1S/C24H19NO5/c1-14-2-4-15(5-3-14)12-16-6-8-19-23(29)18-9-7-17(13-20(18)30-24(16)19)25-21(26)10-11-22(27)28/h2-5,7,9-13H,6,8H2,1H3,(H,25,26)(H,27,28)/b11-10-,16-12?. The van der Waals surface area contributed by atoms with Crippen LogP contribution in [0.1, 0.15) is 28.9 Å². The van der Waals surface area contributed by atoms with E-state index in [2.05, 4.69) is 5.32 Å². The van der Waals surface area contributed by atoms with Gasteiger partial charge < -0.3 is 14.8 Å². The van der Waals surface area contributed by atoms with Crippen molar-refractivity contribution in [2.24, 2.45) is 0 Å². The molecule has 3 aromatic rings. The molecule has 150 valence electrons. The van der Waals surface area contributed by atoms with Crippen LogP contribution in [0, 0.1) is 6.92 Å². The molecular formula is C24H19NO5. The predicted octanol–water partition coefficient (Wildman–Crippen LogP) is 4.17. The third-order valence-electron chi connectivity index (χ3n) is 4.99. The van der Waals surface area contributed by atoms with E-state index in [0.717, 1.165) is 29.7 Å². The lowest BCUT2D eigenvalue weighted by Gasteiger charge is -2.07. The number of benzene rings is 2. The van der Waals surface area contributed by atoms with Gasteiger partial charge in [-0.15, -0.1) is 0 Å². The number of allylic oxidation sites excluding steroid dienone is 1. The largest absolute Gasteiger partial charge is 0.478 e. The Kier molecular flexibility index (Phi) is 5.06. The molecule has 1 aliphatic rings. The number of carboxylic acid groups (broad SMARTS) is 1. The van der Waals surface area contributed by atoms with Crippen molar-refractivity contribution in [2.45, 2.75) is 19.8 Å². The van der Waals surface area contributed by atoms with Gasteiger partial charge in [-0.3, -0.25) is 9.59 Å². The number of aliphatic carboxylic acids is 1. The Balaban J connectivity index is 1.71. The number of carbonyl (C=O) groups is 2. The van der Waals surface area contributed by atoms with Crippen molar-refractivity contribution in [3.8, 4) is 0 Å². The van der Waals surface area contributed by atoms with E-state index in [1.165, 1.54) is 5.56 Å². The Morgan fingerprint density at radius 2 is 1.83 bits per heavy atom. The summed E-state index contributed by atoms with van der Waals surface area (Å²) in [6, 6.07) is 12.9. The molecular weight excluding hydrogens is 382 g/mol. The normalized spacial score (nSPS) is 14.4. The third kappa shape index (κ3) is 3.93. The highest BCUT2D eigenvalue weighted by Crippen LogP contribution is 2.34. The quantitative estimate of drug-likeness (QED) is 0.640. The van der Waals surface area contributed by atoms with Gasteiger partial charge in [0.05, 0.1) is 5.39 Å². The zero-order chi connectivity index (χ0) is 21.3. The zero-order valence-corrected chi connectivity index (χ0v) is 16.3. The SMILES string of the molecule is Cc1ccc(C=C2CCc3c2oc2cc(NC(=O)/C=C\C(=O)O)ccc2c3=O)cc1. The van der Waals surface area contributed by atoms with Gasteiger partial charge in [-0.05, 0) is 49.1 Å². The van der Waals surface area contributed by atoms with Crippen molar-refractivity contribution >= 4 is 40.2 Å². The molecule has 0 atom stereocenters. The Morgan fingerprint density at radius 1 is 1.07 bits per heavy atom. The van der Waals surface area contributed by atoms with Crippen LogP contribution >= 0.6 is 0 Å². The summed E-state index contributed by atoms with van der Waals surface area (Å²) < 4.78 is 6.08. The molecule has 0 fully saturated rings. The molecule has 0 unspecified atom stereocenters. The monoisotopic (exact) mass is 401 g/mol. The molecule has 1 heterocycles. The second kappa shape index (κ2) is 7.83. The lowest BCUT2D eigenvalue weighted by atomic mass is 10.1. The first-order chi connectivity index (χ1) is 14.4. The van der Waals surface area contributed by atoms with Crippen LogP contribution in [0.5, 0.6) is 0 Å². The molecule has 1 aromatic heterocycles. The van der Waals surface area contributed by atoms with Crippen molar-refractivity contribution in [1.29, 1.82) is 0 Å². The Morgan fingerprint density at radius 3 is 2.57 bits per heavy atom. The highest BCUT2D eigenvalue weighted by molar-refractivity contribution is 6.03. The topological polar surface area (TPSA) is 96.6 Å². The Bertz CT molecular complexity index is 1280. The minimum atomic E-state index is -1.21. The number of amides is 1. The molecule has 2 N–H and O–H groups in total. The first-order valence-electron chi connectivity index (χ1n) is 9.50. The number of hydrogen-bond acceptors (Lipinski definition) is 4. The molecule has 0 spiro atoms. The van der Waals surface area contributed by atoms with E-state index in [4.69, 9.17) is 9.52 Å². The van der Waals surface area contributed by atoms with Crippen molar-refractivity contribution in [3.63, 3.8) is 0 Å². The summed E-state index contributed by atoms with van der Waals surface area (Å²) >= 11 is 0. The van der Waals surface area contributed by atoms with Gasteiger partial charge in [-0.2, -0.15) is 0 Å². The number of fused-ring (bicyclic) bond motifs is 2. The molecule has 1 amide bonds. The van der Waals surface area contributed by atoms with Crippen molar-refractivity contribution in [3.05, 3.63) is 87.3 Å². The van der Waals surface area contributed by atoms with Crippen molar-refractivity contribution in [1.82, 2.24) is 0 Å². The Hall–Kier alpha value is -3.93. The summed E-state index contributed by atoms with van der Waals surface area (Å²) in [6.45, 7) is 2.03. The van der Waals surface area contributed by atoms with Gasteiger partial charge in [-0.1, -0.05) is 29.8 Å². The van der Waals surface area contributed by atoms with E-state index in [-0.39, 0.29) is 5.43 Å². The van der Waals surface area contributed by atoms with Crippen LogP contribution in [0.2, 0.25) is 0 Å². The zero-order valence-electron chi connectivity index (χ0n) is 16.3. The van der Waals surface area contributed by atoms with E-state index < -0.39 is 11.9 Å². The summed E-state index contributed by atoms with van der Waals surface area (Å²) in [5, 5.41) is 11.6. The van der Waals surface area contributed by atoms with E-state index in [1.807, 2.05) is 37.3 Å². The van der Waals surface area contributed by atoms with E-state index in [0.29, 0.717) is 34.4 Å². The number of rotatable bonds is 4. The summed E-state index contributed by atoms with van der Waals surface area (Å²) in [5.41, 5.74) is 4.56.